The molecule has 168 valence electrons. The highest BCUT2D eigenvalue weighted by Crippen LogP contribution is 2.25. The highest BCUT2D eigenvalue weighted by atomic mass is 16.5. The van der Waals surface area contributed by atoms with Crippen molar-refractivity contribution in [3.63, 3.8) is 0 Å². The van der Waals surface area contributed by atoms with Gasteiger partial charge in [-0.15, -0.1) is 0 Å². The average Bonchev–Trinajstić information content (AvgIpc) is 2.82. The summed E-state index contributed by atoms with van der Waals surface area (Å²) >= 11 is 0. The van der Waals surface area contributed by atoms with Crippen LogP contribution in [-0.2, 0) is 19.6 Å². The van der Waals surface area contributed by atoms with Crippen LogP contribution in [0.5, 0.6) is 11.5 Å². The van der Waals surface area contributed by atoms with Crippen LogP contribution in [0.15, 0.2) is 76.6 Å². The summed E-state index contributed by atoms with van der Waals surface area (Å²) < 4.78 is 12.5. The summed E-state index contributed by atoms with van der Waals surface area (Å²) in [5, 5.41) is 3.40. The zero-order chi connectivity index (χ0) is 22.9. The lowest BCUT2D eigenvalue weighted by atomic mass is 10.1. The van der Waals surface area contributed by atoms with E-state index < -0.39 is 0 Å². The molecule has 0 unspecified atom stereocenters. The maximum absolute atomic E-state index is 11.9. The zero-order valence-corrected chi connectivity index (χ0v) is 19.0. The molecule has 0 saturated heterocycles. The Bertz CT molecular complexity index is 1110. The second-order valence-electron chi connectivity index (χ2n) is 7.42. The van der Waals surface area contributed by atoms with Crippen LogP contribution in [0, 0.1) is 0 Å². The van der Waals surface area contributed by atoms with Gasteiger partial charge in [-0.25, -0.2) is 0 Å². The van der Waals surface area contributed by atoms with E-state index in [0.717, 1.165) is 34.1 Å². The topological polar surface area (TPSA) is 68.1 Å². The van der Waals surface area contributed by atoms with Crippen molar-refractivity contribution in [1.29, 1.82) is 0 Å². The molecule has 0 amide bonds. The molecule has 0 radical (unpaired) electrons. The molecule has 0 spiro atoms. The zero-order valence-electron chi connectivity index (χ0n) is 19.0. The molecular weight excluding hydrogens is 404 g/mol. The molecule has 7 heteroatoms. The molecule has 1 aromatic heterocycles. The summed E-state index contributed by atoms with van der Waals surface area (Å²) in [4.78, 5) is 18.3. The number of hydrogen-bond donors (Lipinski definition) is 1. The van der Waals surface area contributed by atoms with Crippen LogP contribution in [0.1, 0.15) is 16.7 Å². The van der Waals surface area contributed by atoms with Gasteiger partial charge in [0.25, 0.3) is 5.56 Å². The number of nitrogens with one attached hydrogen (secondary N) is 1. The molecule has 1 N–H and O–H groups in total. The van der Waals surface area contributed by atoms with Crippen LogP contribution in [0.3, 0.4) is 0 Å². The first-order valence-electron chi connectivity index (χ1n) is 10.4. The molecule has 0 aliphatic heterocycles. The number of aromatic nitrogens is 1. The maximum atomic E-state index is 11.9. The van der Waals surface area contributed by atoms with E-state index in [9.17, 15) is 4.79 Å². The predicted molar refractivity (Wildman–Crippen MR) is 127 cm³/mol. The third-order valence-corrected chi connectivity index (χ3v) is 5.20. The Morgan fingerprint density at radius 3 is 2.44 bits per heavy atom. The van der Waals surface area contributed by atoms with Crippen molar-refractivity contribution in [2.75, 3.05) is 28.3 Å². The minimum Gasteiger partial charge on any atom is -0.497 e. The molecule has 0 bridgehead atoms. The largest absolute Gasteiger partial charge is 0.497 e. The first kappa shape index (κ1) is 22.9. The fourth-order valence-corrected chi connectivity index (χ4v) is 3.43. The lowest BCUT2D eigenvalue weighted by Gasteiger charge is -2.23. The fourth-order valence-electron chi connectivity index (χ4n) is 3.43. The smallest absolute Gasteiger partial charge is 0.250 e. The number of methoxy groups -OCH3 is 2. The highest BCUT2D eigenvalue weighted by Gasteiger charge is 2.11. The molecular formula is C25H30N4O3. The number of aliphatic imine (C=N–C) groups is 1. The van der Waals surface area contributed by atoms with Crippen molar-refractivity contribution in [3.05, 3.63) is 93.9 Å². The van der Waals surface area contributed by atoms with Gasteiger partial charge in [0.1, 0.15) is 11.5 Å². The molecule has 3 rings (SSSR count). The minimum absolute atomic E-state index is 0.00132. The van der Waals surface area contributed by atoms with Crippen LogP contribution in [0.25, 0.3) is 0 Å². The van der Waals surface area contributed by atoms with E-state index >= 15 is 0 Å². The van der Waals surface area contributed by atoms with E-state index in [1.807, 2.05) is 48.3 Å². The third-order valence-electron chi connectivity index (χ3n) is 5.20. The molecule has 2 aromatic carbocycles. The van der Waals surface area contributed by atoms with Crippen LogP contribution >= 0.6 is 0 Å². The van der Waals surface area contributed by atoms with Crippen molar-refractivity contribution in [2.24, 2.45) is 4.99 Å². The fraction of sp³-hybridized carbons (Fsp3) is 0.280. The molecule has 7 nitrogen and oxygen atoms in total. The Balaban J connectivity index is 1.59. The van der Waals surface area contributed by atoms with Crippen molar-refractivity contribution in [2.45, 2.75) is 19.6 Å². The van der Waals surface area contributed by atoms with E-state index in [4.69, 9.17) is 9.47 Å². The standard InChI is InChI=1S/C25H30N4O3/c1-26-25(28(2)18-21-12-13-22(31-3)15-23(21)32-4)27-16-19-8-10-20(11-9-19)17-29-14-6-5-7-24(29)30/h5-15H,16-18H2,1-4H3,(H,26,27). The van der Waals surface area contributed by atoms with Gasteiger partial charge in [0.05, 0.1) is 20.8 Å². The number of rotatable bonds is 8. The molecule has 0 fully saturated rings. The van der Waals surface area contributed by atoms with Crippen molar-refractivity contribution in [1.82, 2.24) is 14.8 Å². The first-order chi connectivity index (χ1) is 15.5. The molecule has 3 aromatic rings. The molecule has 0 aliphatic carbocycles. The van der Waals surface area contributed by atoms with Crippen LogP contribution in [0.4, 0.5) is 0 Å². The number of nitrogens with zero attached hydrogens (tertiary/aromatic N) is 3. The number of guanidine groups is 1. The monoisotopic (exact) mass is 434 g/mol. The van der Waals surface area contributed by atoms with Gasteiger partial charge in [-0.05, 0) is 29.3 Å². The van der Waals surface area contributed by atoms with Crippen molar-refractivity contribution >= 4 is 5.96 Å². The lowest BCUT2D eigenvalue weighted by Crippen LogP contribution is -2.38. The number of ether oxygens (including phenoxy) is 2. The predicted octanol–water partition coefficient (Wildman–Crippen LogP) is 3.12. The van der Waals surface area contributed by atoms with Crippen molar-refractivity contribution < 1.29 is 9.47 Å². The highest BCUT2D eigenvalue weighted by molar-refractivity contribution is 5.79. The van der Waals surface area contributed by atoms with Gasteiger partial charge in [0.15, 0.2) is 5.96 Å². The minimum atomic E-state index is -0.00132. The molecule has 1 heterocycles. The van der Waals surface area contributed by atoms with Gasteiger partial charge in [-0.3, -0.25) is 9.79 Å². The Morgan fingerprint density at radius 1 is 1.03 bits per heavy atom. The van der Waals surface area contributed by atoms with E-state index in [1.54, 1.807) is 44.2 Å². The first-order valence-corrected chi connectivity index (χ1v) is 10.4. The van der Waals surface area contributed by atoms with E-state index in [2.05, 4.69) is 22.4 Å². The second-order valence-corrected chi connectivity index (χ2v) is 7.42. The van der Waals surface area contributed by atoms with E-state index in [0.29, 0.717) is 19.6 Å². The summed E-state index contributed by atoms with van der Waals surface area (Å²) in [5.41, 5.74) is 3.25. The van der Waals surface area contributed by atoms with Gasteiger partial charge < -0.3 is 24.3 Å². The number of pyridine rings is 1. The quantitative estimate of drug-likeness (QED) is 0.436. The second kappa shape index (κ2) is 11.0. The Hall–Kier alpha value is -3.74. The molecule has 0 aliphatic rings. The van der Waals surface area contributed by atoms with Crippen LogP contribution in [-0.4, -0.2) is 43.7 Å². The van der Waals surface area contributed by atoms with Crippen LogP contribution < -0.4 is 20.3 Å². The third kappa shape index (κ3) is 5.91. The molecule has 32 heavy (non-hydrogen) atoms. The Kier molecular flexibility index (Phi) is 7.91. The Labute approximate surface area is 188 Å². The van der Waals surface area contributed by atoms with Gasteiger partial charge in [-0.2, -0.15) is 0 Å². The van der Waals surface area contributed by atoms with Crippen molar-refractivity contribution in [3.8, 4) is 11.5 Å². The number of hydrogen-bond acceptors (Lipinski definition) is 4. The van der Waals surface area contributed by atoms with E-state index in [1.165, 1.54) is 0 Å². The number of benzene rings is 2. The summed E-state index contributed by atoms with van der Waals surface area (Å²) in [6, 6.07) is 19.2. The Morgan fingerprint density at radius 2 is 1.78 bits per heavy atom. The van der Waals surface area contributed by atoms with Gasteiger partial charge >= 0.3 is 0 Å². The SMILES string of the molecule is CN=C(NCc1ccc(Cn2ccccc2=O)cc1)N(C)Cc1ccc(OC)cc1OC. The van der Waals surface area contributed by atoms with Gasteiger partial charge in [0.2, 0.25) is 0 Å². The van der Waals surface area contributed by atoms with E-state index in [-0.39, 0.29) is 5.56 Å². The lowest BCUT2D eigenvalue weighted by molar-refractivity contribution is 0.382. The van der Waals surface area contributed by atoms with Crippen LogP contribution in [0.2, 0.25) is 0 Å². The average molecular weight is 435 g/mol. The normalized spacial score (nSPS) is 11.2. The molecule has 0 atom stereocenters. The summed E-state index contributed by atoms with van der Waals surface area (Å²) in [6.45, 7) is 1.83. The summed E-state index contributed by atoms with van der Waals surface area (Å²) in [6.07, 6.45) is 1.80. The maximum Gasteiger partial charge on any atom is 0.250 e. The van der Waals surface area contributed by atoms with Gasteiger partial charge in [-0.1, -0.05) is 30.3 Å². The summed E-state index contributed by atoms with van der Waals surface area (Å²) in [7, 11) is 7.05. The molecule has 0 saturated carbocycles. The van der Waals surface area contributed by atoms with Gasteiger partial charge in [0, 0.05) is 51.1 Å². The summed E-state index contributed by atoms with van der Waals surface area (Å²) in [5.74, 6) is 2.32.